The van der Waals surface area contributed by atoms with Crippen LogP contribution in [-0.4, -0.2) is 16.9 Å². The molecule has 2 fully saturated rings. The highest BCUT2D eigenvalue weighted by Crippen LogP contribution is 2.63. The molecule has 2 bridgehead atoms. The molecule has 2 aliphatic rings. The molecule has 84 valence electrons. The SMILES string of the molecule is CC12CCC(CC1=NNC(=O)O)C2(C)C. The first-order valence-electron chi connectivity index (χ1n) is 5.44. The topological polar surface area (TPSA) is 61.7 Å². The summed E-state index contributed by atoms with van der Waals surface area (Å²) in [5.41, 5.74) is 3.51. The van der Waals surface area contributed by atoms with Gasteiger partial charge in [0, 0.05) is 11.1 Å². The third-order valence-corrected chi connectivity index (χ3v) is 4.80. The Hall–Kier alpha value is -1.06. The number of carbonyl (C=O) groups is 1. The number of amides is 1. The van der Waals surface area contributed by atoms with Crippen LogP contribution in [0.4, 0.5) is 4.79 Å². The van der Waals surface area contributed by atoms with Gasteiger partial charge in [-0.3, -0.25) is 0 Å². The molecule has 2 unspecified atom stereocenters. The van der Waals surface area contributed by atoms with Crippen LogP contribution >= 0.6 is 0 Å². The van der Waals surface area contributed by atoms with Crippen molar-refractivity contribution in [3.05, 3.63) is 0 Å². The molecule has 2 atom stereocenters. The van der Waals surface area contributed by atoms with E-state index in [4.69, 9.17) is 5.11 Å². The Kier molecular flexibility index (Phi) is 2.07. The smallest absolute Gasteiger partial charge is 0.425 e. The second-order valence-electron chi connectivity index (χ2n) is 5.47. The zero-order valence-corrected chi connectivity index (χ0v) is 9.50. The number of nitrogens with zero attached hydrogens (tertiary/aromatic N) is 1. The maximum Gasteiger partial charge on any atom is 0.425 e. The van der Waals surface area contributed by atoms with Gasteiger partial charge >= 0.3 is 6.09 Å². The molecule has 0 spiro atoms. The first-order chi connectivity index (χ1) is 6.88. The van der Waals surface area contributed by atoms with Crippen LogP contribution in [0, 0.1) is 16.7 Å². The average molecular weight is 210 g/mol. The summed E-state index contributed by atoms with van der Waals surface area (Å²) < 4.78 is 0. The lowest BCUT2D eigenvalue weighted by Gasteiger charge is -2.34. The summed E-state index contributed by atoms with van der Waals surface area (Å²) in [7, 11) is 0. The van der Waals surface area contributed by atoms with Crippen LogP contribution in [0.5, 0.6) is 0 Å². The number of carboxylic acid groups (broad SMARTS) is 1. The number of hydrogen-bond acceptors (Lipinski definition) is 2. The van der Waals surface area contributed by atoms with Gasteiger partial charge in [0.1, 0.15) is 0 Å². The minimum atomic E-state index is -1.08. The van der Waals surface area contributed by atoms with Crippen molar-refractivity contribution >= 4 is 11.8 Å². The van der Waals surface area contributed by atoms with Crippen LogP contribution in [0.2, 0.25) is 0 Å². The summed E-state index contributed by atoms with van der Waals surface area (Å²) in [4.78, 5) is 10.4. The van der Waals surface area contributed by atoms with Gasteiger partial charge in [0.05, 0.1) is 0 Å². The van der Waals surface area contributed by atoms with E-state index in [0.717, 1.165) is 18.6 Å². The first kappa shape index (κ1) is 10.5. The Labute approximate surface area is 89.7 Å². The summed E-state index contributed by atoms with van der Waals surface area (Å²) >= 11 is 0. The van der Waals surface area contributed by atoms with E-state index in [2.05, 4.69) is 31.3 Å². The summed E-state index contributed by atoms with van der Waals surface area (Å²) in [6.07, 6.45) is 2.25. The van der Waals surface area contributed by atoms with Gasteiger partial charge in [-0.05, 0) is 30.6 Å². The van der Waals surface area contributed by atoms with E-state index >= 15 is 0 Å². The van der Waals surface area contributed by atoms with Gasteiger partial charge < -0.3 is 5.11 Å². The van der Waals surface area contributed by atoms with Crippen molar-refractivity contribution in [3.8, 4) is 0 Å². The van der Waals surface area contributed by atoms with Crippen LogP contribution in [0.25, 0.3) is 0 Å². The number of hydrazone groups is 1. The van der Waals surface area contributed by atoms with Gasteiger partial charge in [-0.15, -0.1) is 0 Å². The van der Waals surface area contributed by atoms with Crippen molar-refractivity contribution in [2.75, 3.05) is 0 Å². The van der Waals surface area contributed by atoms with Crippen molar-refractivity contribution in [2.45, 2.75) is 40.0 Å². The van der Waals surface area contributed by atoms with Gasteiger partial charge in [0.2, 0.25) is 0 Å². The molecule has 4 nitrogen and oxygen atoms in total. The summed E-state index contributed by atoms with van der Waals surface area (Å²) in [6.45, 7) is 6.75. The van der Waals surface area contributed by atoms with Crippen molar-refractivity contribution < 1.29 is 9.90 Å². The van der Waals surface area contributed by atoms with E-state index in [1.165, 1.54) is 6.42 Å². The third kappa shape index (κ3) is 1.27. The molecule has 0 aromatic carbocycles. The highest BCUT2D eigenvalue weighted by Gasteiger charge is 2.59. The molecule has 2 saturated carbocycles. The van der Waals surface area contributed by atoms with Crippen LogP contribution < -0.4 is 5.43 Å². The highest BCUT2D eigenvalue weighted by molar-refractivity contribution is 5.94. The Balaban J connectivity index is 2.26. The van der Waals surface area contributed by atoms with Crippen molar-refractivity contribution in [1.82, 2.24) is 5.43 Å². The Morgan fingerprint density at radius 2 is 2.20 bits per heavy atom. The van der Waals surface area contributed by atoms with Crippen LogP contribution in [0.1, 0.15) is 40.0 Å². The Morgan fingerprint density at radius 3 is 2.60 bits per heavy atom. The maximum absolute atomic E-state index is 10.4. The van der Waals surface area contributed by atoms with Crippen molar-refractivity contribution in [3.63, 3.8) is 0 Å². The lowest BCUT2D eigenvalue weighted by Crippen LogP contribution is -2.34. The monoisotopic (exact) mass is 210 g/mol. The molecule has 2 N–H and O–H groups in total. The quantitative estimate of drug-likeness (QED) is 0.653. The first-order valence-corrected chi connectivity index (χ1v) is 5.44. The van der Waals surface area contributed by atoms with Crippen molar-refractivity contribution in [2.24, 2.45) is 21.8 Å². The predicted octanol–water partition coefficient (Wildman–Crippen LogP) is 2.46. The number of rotatable bonds is 1. The molecule has 0 aliphatic heterocycles. The minimum absolute atomic E-state index is 0.0834. The summed E-state index contributed by atoms with van der Waals surface area (Å²) in [5, 5.41) is 12.6. The van der Waals surface area contributed by atoms with E-state index in [1.54, 1.807) is 0 Å². The number of nitrogens with one attached hydrogen (secondary N) is 1. The Bertz CT molecular complexity index is 335. The zero-order chi connectivity index (χ0) is 11.3. The lowest BCUT2D eigenvalue weighted by molar-refractivity contribution is 0.190. The molecule has 2 aliphatic carbocycles. The van der Waals surface area contributed by atoms with E-state index in [-0.39, 0.29) is 10.8 Å². The molecule has 0 aromatic rings. The minimum Gasteiger partial charge on any atom is -0.464 e. The second kappa shape index (κ2) is 2.97. The molecular formula is C11H18N2O2. The number of fused-ring (bicyclic) bond motifs is 2. The van der Waals surface area contributed by atoms with E-state index in [0.29, 0.717) is 5.92 Å². The molecule has 4 heteroatoms. The maximum atomic E-state index is 10.4. The van der Waals surface area contributed by atoms with Gasteiger partial charge in [-0.1, -0.05) is 20.8 Å². The third-order valence-electron chi connectivity index (χ3n) is 4.80. The van der Waals surface area contributed by atoms with Crippen LogP contribution in [-0.2, 0) is 0 Å². The fourth-order valence-electron chi connectivity index (χ4n) is 3.21. The fourth-order valence-corrected chi connectivity index (χ4v) is 3.21. The molecule has 0 saturated heterocycles. The molecule has 15 heavy (non-hydrogen) atoms. The van der Waals surface area contributed by atoms with Crippen molar-refractivity contribution in [1.29, 1.82) is 0 Å². The van der Waals surface area contributed by atoms with Gasteiger partial charge in [0.25, 0.3) is 0 Å². The molecule has 0 radical (unpaired) electrons. The fraction of sp³-hybridized carbons (Fsp3) is 0.818. The van der Waals surface area contributed by atoms with E-state index in [9.17, 15) is 4.79 Å². The van der Waals surface area contributed by atoms with E-state index in [1.807, 2.05) is 0 Å². The molecular weight excluding hydrogens is 192 g/mol. The van der Waals surface area contributed by atoms with Gasteiger partial charge in [0.15, 0.2) is 0 Å². The second-order valence-corrected chi connectivity index (χ2v) is 5.47. The lowest BCUT2D eigenvalue weighted by atomic mass is 9.70. The van der Waals surface area contributed by atoms with Gasteiger partial charge in [-0.25, -0.2) is 10.2 Å². The van der Waals surface area contributed by atoms with E-state index < -0.39 is 6.09 Å². The summed E-state index contributed by atoms with van der Waals surface area (Å²) in [5.74, 6) is 0.664. The van der Waals surface area contributed by atoms with Crippen LogP contribution in [0.15, 0.2) is 5.10 Å². The van der Waals surface area contributed by atoms with Crippen LogP contribution in [0.3, 0.4) is 0 Å². The predicted molar refractivity (Wildman–Crippen MR) is 57.8 cm³/mol. The number of hydrogen-bond donors (Lipinski definition) is 2. The average Bonchev–Trinajstić information content (AvgIpc) is 2.46. The van der Waals surface area contributed by atoms with Gasteiger partial charge in [-0.2, -0.15) is 5.10 Å². The molecule has 0 heterocycles. The normalized spacial score (nSPS) is 39.7. The largest absolute Gasteiger partial charge is 0.464 e. The Morgan fingerprint density at radius 1 is 1.53 bits per heavy atom. The molecule has 1 amide bonds. The highest BCUT2D eigenvalue weighted by atomic mass is 16.4. The molecule has 0 aromatic heterocycles. The summed E-state index contributed by atoms with van der Waals surface area (Å²) in [6, 6.07) is 0. The molecule has 2 rings (SSSR count). The standard InChI is InChI=1S/C11H18N2O2/c1-10(2)7-4-5-11(10,3)8(6-7)12-13-9(14)15/h7,13H,4-6H2,1-3H3,(H,14,15). The zero-order valence-electron chi connectivity index (χ0n) is 9.50.